The number of amidine groups is 1. The highest BCUT2D eigenvalue weighted by Crippen LogP contribution is 2.24. The maximum atomic E-state index is 5.91. The van der Waals surface area contributed by atoms with E-state index in [1.807, 2.05) is 29.3 Å². The van der Waals surface area contributed by atoms with Gasteiger partial charge in [-0.3, -0.25) is 4.58 Å². The minimum Gasteiger partial charge on any atom is -0.252 e. The Morgan fingerprint density at radius 3 is 3.06 bits per heavy atom. The second-order valence-electron chi connectivity index (χ2n) is 3.49. The van der Waals surface area contributed by atoms with Crippen molar-refractivity contribution in [1.29, 1.82) is 0 Å². The molecule has 0 spiro atoms. The molecule has 0 N–H and O–H groups in total. The highest BCUT2D eigenvalue weighted by molar-refractivity contribution is 7.17. The van der Waals surface area contributed by atoms with Crippen LogP contribution in [0.2, 0.25) is 5.28 Å². The predicted molar refractivity (Wildman–Crippen MR) is 66.1 cm³/mol. The summed E-state index contributed by atoms with van der Waals surface area (Å²) in [7, 11) is 1.98. The summed E-state index contributed by atoms with van der Waals surface area (Å²) in [5, 5.41) is 2.25. The molecule has 0 saturated heterocycles. The van der Waals surface area contributed by atoms with E-state index in [1.165, 1.54) is 0 Å². The first-order valence-electron chi connectivity index (χ1n) is 4.77. The van der Waals surface area contributed by atoms with Gasteiger partial charge in [-0.1, -0.05) is 0 Å². The van der Waals surface area contributed by atoms with Gasteiger partial charge in [-0.15, -0.1) is 11.3 Å². The van der Waals surface area contributed by atoms with Gasteiger partial charge in [0.15, 0.2) is 11.9 Å². The Balaban J connectivity index is 2.34. The molecule has 1 aliphatic rings. The number of nitrogens with zero attached hydrogens (tertiary/aromatic N) is 4. The summed E-state index contributed by atoms with van der Waals surface area (Å²) in [6.07, 6.45) is 1.87. The van der Waals surface area contributed by atoms with Gasteiger partial charge in [0.25, 0.3) is 0 Å². The fourth-order valence-electron chi connectivity index (χ4n) is 1.66. The van der Waals surface area contributed by atoms with Crippen LogP contribution in [0.1, 0.15) is 5.69 Å². The molecule has 6 heteroatoms. The highest BCUT2D eigenvalue weighted by atomic mass is 35.5. The summed E-state index contributed by atoms with van der Waals surface area (Å²) in [5.41, 5.74) is 1.70. The number of aromatic nitrogens is 2. The largest absolute Gasteiger partial charge is 0.345 e. The first-order chi connectivity index (χ1) is 7.75. The van der Waals surface area contributed by atoms with Gasteiger partial charge in [0.1, 0.15) is 6.54 Å². The summed E-state index contributed by atoms with van der Waals surface area (Å²) in [5.74, 6) is 0.858. The van der Waals surface area contributed by atoms with Crippen molar-refractivity contribution < 1.29 is 4.58 Å². The van der Waals surface area contributed by atoms with Gasteiger partial charge in [-0.25, -0.2) is 9.97 Å². The molecule has 0 atom stereocenters. The normalized spacial score (nSPS) is 15.4. The molecule has 16 heavy (non-hydrogen) atoms. The number of hydrogen-bond donors (Lipinski definition) is 0. The third kappa shape index (κ3) is 1.44. The van der Waals surface area contributed by atoms with Gasteiger partial charge in [0, 0.05) is 0 Å². The van der Waals surface area contributed by atoms with Crippen molar-refractivity contribution >= 4 is 45.2 Å². The predicted octanol–water partition coefficient (Wildman–Crippen LogP) is 1.82. The lowest BCUT2D eigenvalue weighted by Gasteiger charge is -1.98. The molecule has 0 saturated carbocycles. The molecule has 1 aliphatic heterocycles. The van der Waals surface area contributed by atoms with Gasteiger partial charge in [0.2, 0.25) is 5.28 Å². The fourth-order valence-corrected chi connectivity index (χ4v) is 2.66. The van der Waals surface area contributed by atoms with E-state index in [1.54, 1.807) is 11.3 Å². The standard InChI is InChI=1S/C10H8ClN4S/c1-15-4-3-12-9(15)7-8-6(2-5-16-8)13-10(11)14-7/h2-3,5H,4H2,1H3/q+1. The zero-order chi connectivity index (χ0) is 11.1. The van der Waals surface area contributed by atoms with E-state index in [0.29, 0.717) is 0 Å². The molecule has 0 amide bonds. The van der Waals surface area contributed by atoms with Crippen LogP contribution in [-0.2, 0) is 0 Å². The van der Waals surface area contributed by atoms with Crippen LogP contribution in [0.4, 0.5) is 0 Å². The molecule has 2 aromatic heterocycles. The summed E-state index contributed by atoms with van der Waals surface area (Å²) in [6, 6.07) is 1.94. The quantitative estimate of drug-likeness (QED) is 0.573. The Morgan fingerprint density at radius 1 is 1.44 bits per heavy atom. The van der Waals surface area contributed by atoms with E-state index in [4.69, 9.17) is 11.6 Å². The Bertz CT molecular complexity index is 629. The highest BCUT2D eigenvalue weighted by Gasteiger charge is 2.24. The van der Waals surface area contributed by atoms with Crippen LogP contribution in [0.25, 0.3) is 10.2 Å². The molecular formula is C10H8ClN4S+. The number of aliphatic imine (C=N–C) groups is 1. The third-order valence-electron chi connectivity index (χ3n) is 2.42. The van der Waals surface area contributed by atoms with Crippen LogP contribution in [0, 0.1) is 0 Å². The molecule has 3 heterocycles. The van der Waals surface area contributed by atoms with E-state index in [-0.39, 0.29) is 5.28 Å². The molecule has 4 nitrogen and oxygen atoms in total. The number of hydrogen-bond acceptors (Lipinski definition) is 4. The smallest absolute Gasteiger partial charge is 0.252 e. The van der Waals surface area contributed by atoms with Crippen LogP contribution in [0.3, 0.4) is 0 Å². The molecule has 0 aromatic carbocycles. The van der Waals surface area contributed by atoms with Crippen molar-refractivity contribution in [2.75, 3.05) is 13.6 Å². The van der Waals surface area contributed by atoms with E-state index >= 15 is 0 Å². The maximum absolute atomic E-state index is 5.91. The van der Waals surface area contributed by atoms with Crippen LogP contribution in [-0.4, -0.2) is 40.2 Å². The van der Waals surface area contributed by atoms with Crippen molar-refractivity contribution in [2.45, 2.75) is 0 Å². The lowest BCUT2D eigenvalue weighted by Crippen LogP contribution is -2.13. The summed E-state index contributed by atoms with van der Waals surface area (Å²) in [6.45, 7) is 0.809. The average molecular weight is 252 g/mol. The van der Waals surface area contributed by atoms with Crippen molar-refractivity contribution in [3.63, 3.8) is 0 Å². The number of fused-ring (bicyclic) bond motifs is 1. The lowest BCUT2D eigenvalue weighted by atomic mass is 10.3. The Hall–Kier alpha value is -1.33. The number of rotatable bonds is 1. The van der Waals surface area contributed by atoms with Crippen molar-refractivity contribution in [2.24, 2.45) is 4.99 Å². The monoisotopic (exact) mass is 251 g/mol. The molecule has 80 valence electrons. The fraction of sp³-hybridized carbons (Fsp3) is 0.200. The Morgan fingerprint density at radius 2 is 2.31 bits per heavy atom. The van der Waals surface area contributed by atoms with E-state index in [9.17, 15) is 0 Å². The zero-order valence-electron chi connectivity index (χ0n) is 8.51. The second-order valence-corrected chi connectivity index (χ2v) is 4.75. The molecule has 0 unspecified atom stereocenters. The van der Waals surface area contributed by atoms with E-state index in [0.717, 1.165) is 28.3 Å². The zero-order valence-corrected chi connectivity index (χ0v) is 10.1. The molecule has 3 rings (SSSR count). The number of halogens is 1. The maximum Gasteiger partial charge on any atom is 0.345 e. The van der Waals surface area contributed by atoms with Gasteiger partial charge in [-0.2, -0.15) is 0 Å². The van der Waals surface area contributed by atoms with Gasteiger partial charge >= 0.3 is 5.84 Å². The van der Waals surface area contributed by atoms with Crippen molar-refractivity contribution in [3.8, 4) is 0 Å². The van der Waals surface area contributed by atoms with Crippen molar-refractivity contribution in [3.05, 3.63) is 22.4 Å². The van der Waals surface area contributed by atoms with Crippen LogP contribution >= 0.6 is 22.9 Å². The minimum atomic E-state index is 0.268. The second kappa shape index (κ2) is 3.61. The Labute approximate surface area is 101 Å². The van der Waals surface area contributed by atoms with Gasteiger partial charge < -0.3 is 0 Å². The van der Waals surface area contributed by atoms with E-state index in [2.05, 4.69) is 15.0 Å². The molecule has 0 radical (unpaired) electrons. The SMILES string of the molecule is C[N+]1=C(c2nc(Cl)nc3ccsc23)N=CC1. The van der Waals surface area contributed by atoms with Crippen LogP contribution in [0.15, 0.2) is 16.4 Å². The third-order valence-corrected chi connectivity index (χ3v) is 3.50. The van der Waals surface area contributed by atoms with Crippen molar-refractivity contribution in [1.82, 2.24) is 9.97 Å². The minimum absolute atomic E-state index is 0.268. The average Bonchev–Trinajstić information content (AvgIpc) is 2.84. The molecular weight excluding hydrogens is 244 g/mol. The topological polar surface area (TPSA) is 41.1 Å². The molecule has 2 aromatic rings. The first kappa shape index (κ1) is 9.86. The Kier molecular flexibility index (Phi) is 2.22. The van der Waals surface area contributed by atoms with Crippen LogP contribution in [0.5, 0.6) is 0 Å². The van der Waals surface area contributed by atoms with Gasteiger partial charge in [-0.05, 0) is 28.0 Å². The first-order valence-corrected chi connectivity index (χ1v) is 6.03. The summed E-state index contributed by atoms with van der Waals surface area (Å²) >= 11 is 7.51. The van der Waals surface area contributed by atoms with Crippen LogP contribution < -0.4 is 0 Å². The summed E-state index contributed by atoms with van der Waals surface area (Å²) < 4.78 is 3.07. The summed E-state index contributed by atoms with van der Waals surface area (Å²) in [4.78, 5) is 12.8. The molecule has 0 fully saturated rings. The molecule has 0 bridgehead atoms. The number of thiophene rings is 1. The molecule has 0 aliphatic carbocycles. The van der Waals surface area contributed by atoms with Gasteiger partial charge in [0.05, 0.1) is 17.3 Å². The van der Waals surface area contributed by atoms with E-state index < -0.39 is 0 Å². The lowest BCUT2D eigenvalue weighted by molar-refractivity contribution is -0.476.